The predicted octanol–water partition coefficient (Wildman–Crippen LogP) is 8.08. The van der Waals surface area contributed by atoms with Crippen LogP contribution in [0.15, 0.2) is 115 Å². The van der Waals surface area contributed by atoms with Crippen molar-refractivity contribution in [3.63, 3.8) is 0 Å². The number of carbonyl (C=O) groups is 4. The monoisotopic (exact) mass is 622 g/mol. The number of hydrogen-bond acceptors (Lipinski definition) is 4. The number of benzene rings is 4. The third-order valence-electron chi connectivity index (χ3n) is 8.84. The smallest absolute Gasteiger partial charge is 0.335 e. The number of carboxylic acid groups (broad SMARTS) is 4. The van der Waals surface area contributed by atoms with Crippen LogP contribution in [0.1, 0.15) is 85.0 Å². The van der Waals surface area contributed by atoms with Crippen molar-refractivity contribution in [3.8, 4) is 0 Å². The zero-order valence-electron chi connectivity index (χ0n) is 25.3. The Kier molecular flexibility index (Phi) is 11.8. The van der Waals surface area contributed by atoms with E-state index in [2.05, 4.69) is 6.07 Å². The second-order valence-electron chi connectivity index (χ2n) is 11.9. The summed E-state index contributed by atoms with van der Waals surface area (Å²) in [5, 5.41) is 34.6. The quantitative estimate of drug-likeness (QED) is 0.175. The van der Waals surface area contributed by atoms with Crippen LogP contribution in [0.3, 0.4) is 0 Å². The first-order chi connectivity index (χ1) is 22.1. The number of rotatable bonds is 5. The van der Waals surface area contributed by atoms with Crippen LogP contribution < -0.4 is 0 Å². The fourth-order valence-corrected chi connectivity index (χ4v) is 7.16. The van der Waals surface area contributed by atoms with Crippen LogP contribution >= 0.6 is 0 Å². The third-order valence-corrected chi connectivity index (χ3v) is 8.84. The minimum atomic E-state index is -0.879. The maximum absolute atomic E-state index is 11.5. The van der Waals surface area contributed by atoms with Crippen molar-refractivity contribution < 1.29 is 39.6 Å². The average molecular weight is 623 g/mol. The Bertz CT molecular complexity index is 1460. The summed E-state index contributed by atoms with van der Waals surface area (Å²) in [6, 6.07) is 32.6. The molecule has 4 aliphatic carbocycles. The molecule has 0 atom stereocenters. The molecule has 0 unspecified atom stereocenters. The predicted molar refractivity (Wildman–Crippen MR) is 173 cm³/mol. The molecule has 4 fully saturated rings. The molecule has 0 heterocycles. The molecule has 0 amide bonds. The van der Waals surface area contributed by atoms with Gasteiger partial charge in [-0.15, -0.1) is 0 Å². The molecule has 8 rings (SSSR count). The van der Waals surface area contributed by atoms with E-state index < -0.39 is 23.9 Å². The van der Waals surface area contributed by atoms with Gasteiger partial charge < -0.3 is 20.4 Å². The first-order valence-electron chi connectivity index (χ1n) is 15.3. The van der Waals surface area contributed by atoms with Gasteiger partial charge in [0.05, 0.1) is 22.3 Å². The number of carboxylic acids is 4. The highest BCUT2D eigenvalue weighted by atomic mass is 16.4. The molecule has 0 spiro atoms. The average Bonchev–Trinajstić information content (AvgIpc) is 3.06. The Morgan fingerprint density at radius 2 is 0.739 bits per heavy atom. The molecule has 8 nitrogen and oxygen atoms in total. The van der Waals surface area contributed by atoms with Crippen molar-refractivity contribution in [2.45, 2.75) is 38.0 Å². The van der Waals surface area contributed by atoms with Crippen molar-refractivity contribution in [1.82, 2.24) is 0 Å². The standard InChI is InChI=1S/C17H20O2.3C7H6O2/c18-17(19)15-4-2-1-3-14(15)16-12-6-10-5-11(8-12)9-13(16)7-10;3*8-7(9)6-4-2-1-3-5-6/h1-4,10-13,16H,5-9H2,(H,18,19);3*1-5H,(H,8,9). The van der Waals surface area contributed by atoms with Gasteiger partial charge in [-0.2, -0.15) is 0 Å². The van der Waals surface area contributed by atoms with E-state index >= 15 is 0 Å². The van der Waals surface area contributed by atoms with Gasteiger partial charge in [0, 0.05) is 0 Å². The van der Waals surface area contributed by atoms with E-state index in [1.807, 2.05) is 12.1 Å². The summed E-state index contributed by atoms with van der Waals surface area (Å²) < 4.78 is 0. The lowest BCUT2D eigenvalue weighted by molar-refractivity contribution is -0.00315. The Morgan fingerprint density at radius 1 is 0.413 bits per heavy atom. The Labute approximate surface area is 268 Å². The zero-order valence-corrected chi connectivity index (χ0v) is 25.3. The summed E-state index contributed by atoms with van der Waals surface area (Å²) >= 11 is 0. The largest absolute Gasteiger partial charge is 0.478 e. The van der Waals surface area contributed by atoms with Gasteiger partial charge in [-0.05, 0) is 110 Å². The molecule has 4 N–H and O–H groups in total. The molecule has 0 saturated heterocycles. The second kappa shape index (κ2) is 16.2. The van der Waals surface area contributed by atoms with Crippen LogP contribution in [0, 0.1) is 23.7 Å². The van der Waals surface area contributed by atoms with Gasteiger partial charge in [0.15, 0.2) is 0 Å². The third kappa shape index (κ3) is 9.14. The van der Waals surface area contributed by atoms with Gasteiger partial charge in [0.1, 0.15) is 0 Å². The molecule has 46 heavy (non-hydrogen) atoms. The summed E-state index contributed by atoms with van der Waals surface area (Å²) in [7, 11) is 0. The first kappa shape index (κ1) is 33.6. The minimum Gasteiger partial charge on any atom is -0.478 e. The van der Waals surface area contributed by atoms with Gasteiger partial charge in [-0.1, -0.05) is 72.8 Å². The molecule has 4 aliphatic rings. The minimum absolute atomic E-state index is 0.331. The van der Waals surface area contributed by atoms with Crippen molar-refractivity contribution >= 4 is 23.9 Å². The lowest BCUT2D eigenvalue weighted by atomic mass is 9.50. The first-order valence-corrected chi connectivity index (χ1v) is 15.3. The summed E-state index contributed by atoms with van der Waals surface area (Å²) in [6.45, 7) is 0. The molecule has 4 bridgehead atoms. The fraction of sp³-hybridized carbons (Fsp3) is 0.263. The van der Waals surface area contributed by atoms with E-state index in [1.165, 1.54) is 32.1 Å². The highest BCUT2D eigenvalue weighted by Gasteiger charge is 2.49. The number of aromatic carboxylic acids is 4. The van der Waals surface area contributed by atoms with Crippen molar-refractivity contribution in [2.24, 2.45) is 23.7 Å². The Balaban J connectivity index is 0.000000151. The molecule has 0 radical (unpaired) electrons. The van der Waals surface area contributed by atoms with E-state index in [-0.39, 0.29) is 0 Å². The van der Waals surface area contributed by atoms with E-state index in [0.29, 0.717) is 28.2 Å². The highest BCUT2D eigenvalue weighted by molar-refractivity contribution is 5.90. The van der Waals surface area contributed by atoms with Crippen molar-refractivity contribution in [1.29, 1.82) is 0 Å². The van der Waals surface area contributed by atoms with Gasteiger partial charge in [0.25, 0.3) is 0 Å². The van der Waals surface area contributed by atoms with E-state index in [0.717, 1.165) is 29.2 Å². The van der Waals surface area contributed by atoms with Crippen LogP contribution in [0.25, 0.3) is 0 Å². The molecule has 4 aromatic rings. The lowest BCUT2D eigenvalue weighted by Crippen LogP contribution is -2.44. The van der Waals surface area contributed by atoms with Crippen LogP contribution in [0.4, 0.5) is 0 Å². The van der Waals surface area contributed by atoms with Crippen molar-refractivity contribution in [2.75, 3.05) is 0 Å². The van der Waals surface area contributed by atoms with Crippen LogP contribution in [-0.2, 0) is 0 Å². The second-order valence-corrected chi connectivity index (χ2v) is 11.9. The summed E-state index contributed by atoms with van der Waals surface area (Å²) in [5.41, 5.74) is 2.65. The fourth-order valence-electron chi connectivity index (χ4n) is 7.16. The maximum atomic E-state index is 11.5. The van der Waals surface area contributed by atoms with Crippen LogP contribution in [0.5, 0.6) is 0 Å². The van der Waals surface area contributed by atoms with Gasteiger partial charge in [0.2, 0.25) is 0 Å². The summed E-state index contributed by atoms with van der Waals surface area (Å²) in [5.74, 6) is 0.492. The molecule has 4 saturated carbocycles. The van der Waals surface area contributed by atoms with E-state index in [1.54, 1.807) is 97.1 Å². The Hall–Kier alpha value is -5.24. The van der Waals surface area contributed by atoms with E-state index in [4.69, 9.17) is 15.3 Å². The molecular weight excluding hydrogens is 584 g/mol. The molecule has 0 aliphatic heterocycles. The topological polar surface area (TPSA) is 149 Å². The molecule has 4 aromatic carbocycles. The lowest BCUT2D eigenvalue weighted by Gasteiger charge is -2.54. The maximum Gasteiger partial charge on any atom is 0.335 e. The summed E-state index contributed by atoms with van der Waals surface area (Å²) in [6.07, 6.45) is 6.80. The Morgan fingerprint density at radius 3 is 1.04 bits per heavy atom. The van der Waals surface area contributed by atoms with Gasteiger partial charge in [-0.3, -0.25) is 0 Å². The van der Waals surface area contributed by atoms with Crippen LogP contribution in [0.2, 0.25) is 0 Å². The summed E-state index contributed by atoms with van der Waals surface area (Å²) in [4.78, 5) is 42.1. The van der Waals surface area contributed by atoms with Crippen LogP contribution in [-0.4, -0.2) is 44.3 Å². The van der Waals surface area contributed by atoms with Gasteiger partial charge >= 0.3 is 23.9 Å². The normalized spacial score (nSPS) is 21.5. The van der Waals surface area contributed by atoms with E-state index in [9.17, 15) is 24.3 Å². The molecule has 0 aromatic heterocycles. The SMILES string of the molecule is O=C(O)c1ccccc1.O=C(O)c1ccccc1.O=C(O)c1ccccc1.O=C(O)c1ccccc1C1C2CC3CC(C2)CC1C3. The highest BCUT2D eigenvalue weighted by Crippen LogP contribution is 2.60. The zero-order chi connectivity index (χ0) is 33.1. The molecule has 238 valence electrons. The van der Waals surface area contributed by atoms with Gasteiger partial charge in [-0.25, -0.2) is 19.2 Å². The van der Waals surface area contributed by atoms with Crippen molar-refractivity contribution in [3.05, 3.63) is 143 Å². The number of hydrogen-bond donors (Lipinski definition) is 4. The molecule has 8 heteroatoms. The molecular formula is C38H38O8.